The number of sulfone groups is 1. The summed E-state index contributed by atoms with van der Waals surface area (Å²) in [6.07, 6.45) is 1.17. The normalized spacial score (nSPS) is 11.2. The highest BCUT2D eigenvalue weighted by Gasteiger charge is 2.05. The molecular formula is C11H16N2O3S. The minimum atomic E-state index is -3.14. The summed E-state index contributed by atoms with van der Waals surface area (Å²) in [7, 11) is -1.57. The van der Waals surface area contributed by atoms with Crippen molar-refractivity contribution in [2.24, 2.45) is 0 Å². The van der Waals surface area contributed by atoms with Gasteiger partial charge in [-0.05, 0) is 17.7 Å². The van der Waals surface area contributed by atoms with E-state index in [1.165, 1.54) is 6.26 Å². The Morgan fingerprint density at radius 1 is 1.24 bits per heavy atom. The van der Waals surface area contributed by atoms with Crippen LogP contribution in [0.25, 0.3) is 0 Å². The van der Waals surface area contributed by atoms with Crippen molar-refractivity contribution in [1.82, 2.24) is 10.6 Å². The third-order valence-corrected chi connectivity index (χ3v) is 3.37. The van der Waals surface area contributed by atoms with E-state index >= 15 is 0 Å². The maximum Gasteiger partial charge on any atom is 0.233 e. The third-order valence-electron chi connectivity index (χ3n) is 2.25. The van der Waals surface area contributed by atoms with Crippen LogP contribution in [0, 0.1) is 0 Å². The lowest BCUT2D eigenvalue weighted by atomic mass is 10.2. The van der Waals surface area contributed by atoms with Gasteiger partial charge < -0.3 is 10.6 Å². The molecular weight excluding hydrogens is 240 g/mol. The molecule has 1 aromatic rings. The monoisotopic (exact) mass is 256 g/mol. The molecule has 94 valence electrons. The summed E-state index contributed by atoms with van der Waals surface area (Å²) in [5.74, 6) is -0.0854. The zero-order chi connectivity index (χ0) is 12.9. The van der Waals surface area contributed by atoms with Crippen molar-refractivity contribution in [3.8, 4) is 0 Å². The maximum atomic E-state index is 11.2. The first-order valence-corrected chi connectivity index (χ1v) is 7.03. The molecule has 0 aliphatic carbocycles. The number of likely N-dealkylation sites (N-methyl/N-ethyl adjacent to an activating group) is 1. The van der Waals surface area contributed by atoms with Gasteiger partial charge >= 0.3 is 0 Å². The summed E-state index contributed by atoms with van der Waals surface area (Å²) in [6.45, 7) is 0.766. The lowest BCUT2D eigenvalue weighted by Crippen LogP contribution is -2.30. The van der Waals surface area contributed by atoms with Crippen LogP contribution in [0.5, 0.6) is 0 Å². The highest BCUT2D eigenvalue weighted by Crippen LogP contribution is 2.09. The second-order valence-corrected chi connectivity index (χ2v) is 5.71. The predicted molar refractivity (Wildman–Crippen MR) is 65.3 cm³/mol. The quantitative estimate of drug-likeness (QED) is 0.773. The van der Waals surface area contributed by atoms with Crippen LogP contribution >= 0.6 is 0 Å². The molecule has 1 aromatic carbocycles. The van der Waals surface area contributed by atoms with Crippen molar-refractivity contribution in [3.05, 3.63) is 29.8 Å². The van der Waals surface area contributed by atoms with Crippen LogP contribution in [0.3, 0.4) is 0 Å². The summed E-state index contributed by atoms with van der Waals surface area (Å²) >= 11 is 0. The molecule has 5 nitrogen and oxygen atoms in total. The number of hydrogen-bond acceptors (Lipinski definition) is 4. The van der Waals surface area contributed by atoms with Crippen molar-refractivity contribution in [3.63, 3.8) is 0 Å². The van der Waals surface area contributed by atoms with Gasteiger partial charge in [-0.1, -0.05) is 12.1 Å². The number of benzene rings is 1. The van der Waals surface area contributed by atoms with E-state index in [-0.39, 0.29) is 12.5 Å². The highest BCUT2D eigenvalue weighted by atomic mass is 32.2. The summed E-state index contributed by atoms with van der Waals surface area (Å²) in [5.41, 5.74) is 0.932. The Morgan fingerprint density at radius 3 is 2.29 bits per heavy atom. The Labute approximate surface area is 101 Å². The molecule has 6 heteroatoms. The van der Waals surface area contributed by atoms with Gasteiger partial charge in [0.2, 0.25) is 5.91 Å². The number of rotatable bonds is 5. The molecule has 0 atom stereocenters. The predicted octanol–water partition coefficient (Wildman–Crippen LogP) is -0.0743. The summed E-state index contributed by atoms with van der Waals surface area (Å²) in [4.78, 5) is 11.2. The summed E-state index contributed by atoms with van der Waals surface area (Å²) in [5, 5.41) is 5.45. The van der Waals surface area contributed by atoms with Gasteiger partial charge in [-0.2, -0.15) is 0 Å². The fourth-order valence-electron chi connectivity index (χ4n) is 1.26. The smallest absolute Gasteiger partial charge is 0.233 e. The second-order valence-electron chi connectivity index (χ2n) is 3.69. The van der Waals surface area contributed by atoms with Crippen LogP contribution in [0.2, 0.25) is 0 Å². The first kappa shape index (κ1) is 13.7. The van der Waals surface area contributed by atoms with Crippen molar-refractivity contribution in [1.29, 1.82) is 0 Å². The van der Waals surface area contributed by atoms with Crippen molar-refractivity contribution >= 4 is 15.7 Å². The minimum Gasteiger partial charge on any atom is -0.358 e. The van der Waals surface area contributed by atoms with Crippen LogP contribution in [0.15, 0.2) is 29.2 Å². The molecule has 0 fully saturated rings. The molecule has 0 aromatic heterocycles. The number of nitrogens with one attached hydrogen (secondary N) is 2. The maximum absolute atomic E-state index is 11.2. The van der Waals surface area contributed by atoms with Gasteiger partial charge in [-0.15, -0.1) is 0 Å². The molecule has 17 heavy (non-hydrogen) atoms. The number of carbonyl (C=O) groups excluding carboxylic acids is 1. The second kappa shape index (κ2) is 5.79. The molecule has 0 bridgehead atoms. The van der Waals surface area contributed by atoms with E-state index in [1.54, 1.807) is 31.3 Å². The zero-order valence-corrected chi connectivity index (χ0v) is 10.7. The number of carbonyl (C=O) groups is 1. The summed E-state index contributed by atoms with van der Waals surface area (Å²) in [6, 6.07) is 6.58. The molecule has 0 radical (unpaired) electrons. The van der Waals surface area contributed by atoms with E-state index in [9.17, 15) is 13.2 Å². The van der Waals surface area contributed by atoms with Crippen molar-refractivity contribution in [2.45, 2.75) is 11.4 Å². The first-order chi connectivity index (χ1) is 7.93. The van der Waals surface area contributed by atoms with Gasteiger partial charge in [0.25, 0.3) is 0 Å². The van der Waals surface area contributed by atoms with Crippen LogP contribution in [-0.2, 0) is 21.2 Å². The van der Waals surface area contributed by atoms with Gasteiger partial charge in [0.1, 0.15) is 0 Å². The van der Waals surface area contributed by atoms with E-state index in [4.69, 9.17) is 0 Å². The third kappa shape index (κ3) is 4.54. The summed E-state index contributed by atoms with van der Waals surface area (Å²) < 4.78 is 22.4. The fraction of sp³-hybridized carbons (Fsp3) is 0.364. The molecule has 0 aliphatic rings. The van der Waals surface area contributed by atoms with Gasteiger partial charge in [0.05, 0.1) is 11.4 Å². The SMILES string of the molecule is CNC(=O)CNCc1ccc(S(C)(=O)=O)cc1. The largest absolute Gasteiger partial charge is 0.358 e. The van der Waals surface area contributed by atoms with E-state index in [0.717, 1.165) is 5.56 Å². The van der Waals surface area contributed by atoms with Crippen molar-refractivity contribution in [2.75, 3.05) is 19.8 Å². The lowest BCUT2D eigenvalue weighted by molar-refractivity contribution is -0.119. The Bertz CT molecular complexity index is 480. The molecule has 0 saturated carbocycles. The molecule has 0 aliphatic heterocycles. The molecule has 0 heterocycles. The van der Waals surface area contributed by atoms with Crippen LogP contribution in [0.4, 0.5) is 0 Å². The first-order valence-electron chi connectivity index (χ1n) is 5.14. The molecule has 0 spiro atoms. The lowest BCUT2D eigenvalue weighted by Gasteiger charge is -2.05. The molecule has 2 N–H and O–H groups in total. The van der Waals surface area contributed by atoms with Crippen LogP contribution in [-0.4, -0.2) is 34.2 Å². The standard InChI is InChI=1S/C11H16N2O3S/c1-12-11(14)8-13-7-9-3-5-10(6-4-9)17(2,15)16/h3-6,13H,7-8H2,1-2H3,(H,12,14). The van der Waals surface area contributed by atoms with E-state index in [0.29, 0.717) is 11.4 Å². The van der Waals surface area contributed by atoms with Gasteiger partial charge in [0.15, 0.2) is 9.84 Å². The number of hydrogen-bond donors (Lipinski definition) is 2. The molecule has 1 rings (SSSR count). The van der Waals surface area contributed by atoms with Crippen LogP contribution in [0.1, 0.15) is 5.56 Å². The average Bonchev–Trinajstić information content (AvgIpc) is 2.28. The van der Waals surface area contributed by atoms with Gasteiger partial charge in [-0.3, -0.25) is 4.79 Å². The van der Waals surface area contributed by atoms with Crippen molar-refractivity contribution < 1.29 is 13.2 Å². The van der Waals surface area contributed by atoms with E-state index in [2.05, 4.69) is 10.6 Å². The Morgan fingerprint density at radius 2 is 1.82 bits per heavy atom. The fourth-order valence-corrected chi connectivity index (χ4v) is 1.89. The van der Waals surface area contributed by atoms with E-state index in [1.807, 2.05) is 0 Å². The molecule has 1 amide bonds. The molecule has 0 unspecified atom stereocenters. The van der Waals surface area contributed by atoms with Crippen LogP contribution < -0.4 is 10.6 Å². The minimum absolute atomic E-state index is 0.0854. The molecule has 0 saturated heterocycles. The van der Waals surface area contributed by atoms with E-state index < -0.39 is 9.84 Å². The topological polar surface area (TPSA) is 75.3 Å². The Balaban J connectivity index is 2.55. The van der Waals surface area contributed by atoms with Gasteiger partial charge in [0, 0.05) is 19.8 Å². The average molecular weight is 256 g/mol. The number of amides is 1. The zero-order valence-electron chi connectivity index (χ0n) is 9.86. The van der Waals surface area contributed by atoms with Gasteiger partial charge in [-0.25, -0.2) is 8.42 Å². The highest BCUT2D eigenvalue weighted by molar-refractivity contribution is 7.90. The Hall–Kier alpha value is -1.40. The Kier molecular flexibility index (Phi) is 4.65.